The third-order valence-corrected chi connectivity index (χ3v) is 3.18. The Bertz CT molecular complexity index is 274. The van der Waals surface area contributed by atoms with Crippen molar-refractivity contribution in [2.45, 2.75) is 31.4 Å². The number of nitrogens with zero attached hydrogens (tertiary/aromatic N) is 1. The van der Waals surface area contributed by atoms with Crippen molar-refractivity contribution >= 4 is 11.8 Å². The molecule has 5 heteroatoms. The maximum Gasteiger partial charge on any atom is 0.242 e. The fourth-order valence-electron chi connectivity index (χ4n) is 2.08. The highest BCUT2D eigenvalue weighted by atomic mass is 16.5. The van der Waals surface area contributed by atoms with Gasteiger partial charge < -0.3 is 15.0 Å². The maximum atomic E-state index is 11.7. The van der Waals surface area contributed by atoms with Gasteiger partial charge in [0.05, 0.1) is 12.6 Å². The van der Waals surface area contributed by atoms with Gasteiger partial charge in [-0.2, -0.15) is 0 Å². The number of carbonyl (C=O) groups is 2. The lowest BCUT2D eigenvalue weighted by Crippen LogP contribution is -2.51. The number of hydrogen-bond donors (Lipinski definition) is 1. The average Bonchev–Trinajstić information content (AvgIpc) is 2.31. The van der Waals surface area contributed by atoms with Crippen LogP contribution < -0.4 is 5.32 Å². The van der Waals surface area contributed by atoms with Crippen molar-refractivity contribution in [2.75, 3.05) is 20.2 Å². The van der Waals surface area contributed by atoms with E-state index in [2.05, 4.69) is 5.32 Å². The minimum atomic E-state index is -0.0338. The maximum absolute atomic E-state index is 11.7. The standard InChI is InChI=1S/C10H16N2O3/c1-15-8-4-7(5-8)12-3-2-9(13)11-6-10(12)14/h7-8H,2-6H2,1H3,(H,11,13). The summed E-state index contributed by atoms with van der Waals surface area (Å²) in [5.74, 6) is -0.00568. The Kier molecular flexibility index (Phi) is 2.90. The Labute approximate surface area is 88.8 Å². The lowest BCUT2D eigenvalue weighted by atomic mass is 9.87. The number of nitrogens with one attached hydrogen (secondary N) is 1. The normalized spacial score (nSPS) is 31.9. The van der Waals surface area contributed by atoms with Crippen LogP contribution in [0.1, 0.15) is 19.3 Å². The van der Waals surface area contributed by atoms with Gasteiger partial charge in [0.15, 0.2) is 0 Å². The van der Waals surface area contributed by atoms with Crippen LogP contribution in [-0.4, -0.2) is 49.1 Å². The van der Waals surface area contributed by atoms with Crippen LogP contribution in [-0.2, 0) is 14.3 Å². The molecule has 5 nitrogen and oxygen atoms in total. The fraction of sp³-hybridized carbons (Fsp3) is 0.800. The molecule has 2 aliphatic rings. The van der Waals surface area contributed by atoms with Gasteiger partial charge in [-0.3, -0.25) is 9.59 Å². The van der Waals surface area contributed by atoms with Gasteiger partial charge in [0.2, 0.25) is 11.8 Å². The summed E-state index contributed by atoms with van der Waals surface area (Å²) >= 11 is 0. The third-order valence-electron chi connectivity index (χ3n) is 3.18. The third kappa shape index (κ3) is 2.12. The second-order valence-electron chi connectivity index (χ2n) is 4.10. The van der Waals surface area contributed by atoms with Crippen LogP contribution >= 0.6 is 0 Å². The van der Waals surface area contributed by atoms with Crippen molar-refractivity contribution in [3.05, 3.63) is 0 Å². The first-order valence-electron chi connectivity index (χ1n) is 5.29. The average molecular weight is 212 g/mol. The molecule has 0 aromatic rings. The van der Waals surface area contributed by atoms with Crippen molar-refractivity contribution in [1.29, 1.82) is 0 Å². The summed E-state index contributed by atoms with van der Waals surface area (Å²) in [5, 5.41) is 2.59. The number of amides is 2. The zero-order valence-electron chi connectivity index (χ0n) is 8.86. The minimum absolute atomic E-state index is 0.0282. The summed E-state index contributed by atoms with van der Waals surface area (Å²) in [7, 11) is 1.69. The second kappa shape index (κ2) is 4.18. The highest BCUT2D eigenvalue weighted by Crippen LogP contribution is 2.28. The minimum Gasteiger partial charge on any atom is -0.381 e. The first-order valence-corrected chi connectivity index (χ1v) is 5.29. The smallest absolute Gasteiger partial charge is 0.242 e. The van der Waals surface area contributed by atoms with Crippen LogP contribution in [0.15, 0.2) is 0 Å². The molecule has 15 heavy (non-hydrogen) atoms. The van der Waals surface area contributed by atoms with E-state index in [1.54, 1.807) is 7.11 Å². The van der Waals surface area contributed by atoms with Crippen molar-refractivity contribution < 1.29 is 14.3 Å². The molecule has 0 unspecified atom stereocenters. The monoisotopic (exact) mass is 212 g/mol. The van der Waals surface area contributed by atoms with E-state index in [0.717, 1.165) is 12.8 Å². The highest BCUT2D eigenvalue weighted by molar-refractivity contribution is 5.87. The lowest BCUT2D eigenvalue weighted by molar-refractivity contribution is -0.137. The molecule has 1 aliphatic carbocycles. The molecule has 84 valence electrons. The molecule has 1 N–H and O–H groups in total. The van der Waals surface area contributed by atoms with E-state index < -0.39 is 0 Å². The van der Waals surface area contributed by atoms with E-state index in [-0.39, 0.29) is 30.5 Å². The van der Waals surface area contributed by atoms with Gasteiger partial charge in [-0.1, -0.05) is 0 Å². The van der Waals surface area contributed by atoms with Crippen molar-refractivity contribution in [3.63, 3.8) is 0 Å². The number of rotatable bonds is 2. The van der Waals surface area contributed by atoms with Crippen LogP contribution in [0.5, 0.6) is 0 Å². The van der Waals surface area contributed by atoms with Gasteiger partial charge in [-0.05, 0) is 12.8 Å². The van der Waals surface area contributed by atoms with Gasteiger partial charge in [0.1, 0.15) is 0 Å². The molecule has 0 bridgehead atoms. The molecule has 1 saturated carbocycles. The van der Waals surface area contributed by atoms with E-state index in [9.17, 15) is 9.59 Å². The van der Waals surface area contributed by atoms with Crippen molar-refractivity contribution in [3.8, 4) is 0 Å². The molecule has 2 amide bonds. The number of methoxy groups -OCH3 is 1. The Morgan fingerprint density at radius 1 is 1.40 bits per heavy atom. The van der Waals surface area contributed by atoms with Crippen LogP contribution in [0.2, 0.25) is 0 Å². The van der Waals surface area contributed by atoms with Gasteiger partial charge in [-0.25, -0.2) is 0 Å². The molecule has 1 heterocycles. The molecule has 1 aliphatic heterocycles. The SMILES string of the molecule is COC1CC(N2CCC(=O)NCC2=O)C1. The summed E-state index contributed by atoms with van der Waals surface area (Å²) in [6, 6.07) is 0.273. The molecule has 0 aromatic carbocycles. The Balaban J connectivity index is 1.91. The van der Waals surface area contributed by atoms with E-state index in [4.69, 9.17) is 4.74 Å². The second-order valence-corrected chi connectivity index (χ2v) is 4.10. The Morgan fingerprint density at radius 3 is 2.80 bits per heavy atom. The quantitative estimate of drug-likeness (QED) is 0.672. The van der Waals surface area contributed by atoms with Gasteiger partial charge in [-0.15, -0.1) is 0 Å². The molecule has 1 saturated heterocycles. The summed E-state index contributed by atoms with van der Waals surface area (Å²) in [6.07, 6.45) is 2.50. The molecular weight excluding hydrogens is 196 g/mol. The van der Waals surface area contributed by atoms with Gasteiger partial charge in [0.25, 0.3) is 0 Å². The molecule has 0 spiro atoms. The predicted octanol–water partition coefficient (Wildman–Crippen LogP) is -0.488. The topological polar surface area (TPSA) is 58.6 Å². The fourth-order valence-corrected chi connectivity index (χ4v) is 2.08. The van der Waals surface area contributed by atoms with Crippen LogP contribution in [0, 0.1) is 0 Å². The highest BCUT2D eigenvalue weighted by Gasteiger charge is 2.36. The van der Waals surface area contributed by atoms with Gasteiger partial charge >= 0.3 is 0 Å². The molecule has 0 atom stereocenters. The first kappa shape index (κ1) is 10.4. The van der Waals surface area contributed by atoms with E-state index in [1.807, 2.05) is 4.90 Å². The molecule has 0 aromatic heterocycles. The van der Waals surface area contributed by atoms with E-state index in [1.165, 1.54) is 0 Å². The van der Waals surface area contributed by atoms with E-state index in [0.29, 0.717) is 13.0 Å². The Hall–Kier alpha value is -1.10. The van der Waals surface area contributed by atoms with E-state index >= 15 is 0 Å². The van der Waals surface area contributed by atoms with Crippen LogP contribution in [0.4, 0.5) is 0 Å². The van der Waals surface area contributed by atoms with Crippen molar-refractivity contribution in [1.82, 2.24) is 10.2 Å². The zero-order chi connectivity index (χ0) is 10.8. The largest absolute Gasteiger partial charge is 0.381 e. The number of hydrogen-bond acceptors (Lipinski definition) is 3. The predicted molar refractivity (Wildman–Crippen MR) is 53.2 cm³/mol. The van der Waals surface area contributed by atoms with Gasteiger partial charge in [0, 0.05) is 26.1 Å². The summed E-state index contributed by atoms with van der Waals surface area (Å²) < 4.78 is 5.17. The molecule has 0 radical (unpaired) electrons. The summed E-state index contributed by atoms with van der Waals surface area (Å²) in [4.78, 5) is 24.6. The number of ether oxygens (including phenoxy) is 1. The Morgan fingerprint density at radius 2 is 2.13 bits per heavy atom. The first-order chi connectivity index (χ1) is 7.20. The zero-order valence-corrected chi connectivity index (χ0v) is 8.86. The number of carbonyl (C=O) groups excluding carboxylic acids is 2. The van der Waals surface area contributed by atoms with Crippen LogP contribution in [0.25, 0.3) is 0 Å². The van der Waals surface area contributed by atoms with Crippen LogP contribution in [0.3, 0.4) is 0 Å². The summed E-state index contributed by atoms with van der Waals surface area (Å²) in [5.41, 5.74) is 0. The lowest BCUT2D eigenvalue weighted by Gasteiger charge is -2.41. The molecule has 2 rings (SSSR count). The molecule has 2 fully saturated rings. The van der Waals surface area contributed by atoms with Crippen molar-refractivity contribution in [2.24, 2.45) is 0 Å². The summed E-state index contributed by atoms with van der Waals surface area (Å²) in [6.45, 7) is 0.693. The molecular formula is C10H16N2O3.